The second-order valence-corrected chi connectivity index (χ2v) is 7.80. The molecule has 0 radical (unpaired) electrons. The standard InChI is InChI=1S/C20H20N2S/c1-2-4-14(5-3-1)15-6-8-16(9-7-15)19-20-17(10-11-23-20)18-12-21-13-22(18)19/h1-5,10-13,15-16,19H,6-9H2/t15-,16+,19-/m0/s1. The second-order valence-electron chi connectivity index (χ2n) is 6.85. The van der Waals surface area contributed by atoms with E-state index in [2.05, 4.69) is 51.3 Å². The molecular weight excluding hydrogens is 300 g/mol. The van der Waals surface area contributed by atoms with Gasteiger partial charge in [0.15, 0.2) is 0 Å². The Hall–Kier alpha value is -1.87. The summed E-state index contributed by atoms with van der Waals surface area (Å²) >= 11 is 1.92. The van der Waals surface area contributed by atoms with E-state index in [1.807, 2.05) is 23.9 Å². The van der Waals surface area contributed by atoms with Crippen LogP contribution in [0.25, 0.3) is 11.3 Å². The average molecular weight is 320 g/mol. The molecule has 3 aromatic rings. The summed E-state index contributed by atoms with van der Waals surface area (Å²) in [7, 11) is 0. The summed E-state index contributed by atoms with van der Waals surface area (Å²) in [5.41, 5.74) is 4.26. The van der Waals surface area contributed by atoms with Crippen molar-refractivity contribution in [2.45, 2.75) is 37.6 Å². The van der Waals surface area contributed by atoms with Crippen molar-refractivity contribution in [3.05, 3.63) is 64.7 Å². The summed E-state index contributed by atoms with van der Waals surface area (Å²) in [5, 5.41) is 2.24. The van der Waals surface area contributed by atoms with E-state index in [1.54, 1.807) is 4.88 Å². The molecule has 1 fully saturated rings. The predicted molar refractivity (Wildman–Crippen MR) is 94.8 cm³/mol. The van der Waals surface area contributed by atoms with Gasteiger partial charge in [0, 0.05) is 10.4 Å². The third kappa shape index (κ3) is 2.10. The summed E-state index contributed by atoms with van der Waals surface area (Å²) in [5.74, 6) is 1.50. The number of nitrogens with zero attached hydrogens (tertiary/aromatic N) is 2. The van der Waals surface area contributed by atoms with Gasteiger partial charge in [-0.25, -0.2) is 4.98 Å². The summed E-state index contributed by atoms with van der Waals surface area (Å²) in [4.78, 5) is 5.96. The van der Waals surface area contributed by atoms with Crippen molar-refractivity contribution in [2.75, 3.05) is 0 Å². The number of fused-ring (bicyclic) bond motifs is 3. The third-order valence-electron chi connectivity index (χ3n) is 5.69. The fourth-order valence-electron chi connectivity index (χ4n) is 4.56. The molecule has 0 saturated heterocycles. The van der Waals surface area contributed by atoms with E-state index in [1.165, 1.54) is 42.5 Å². The number of hydrogen-bond donors (Lipinski definition) is 0. The Morgan fingerprint density at radius 2 is 1.83 bits per heavy atom. The van der Waals surface area contributed by atoms with Crippen molar-refractivity contribution < 1.29 is 0 Å². The van der Waals surface area contributed by atoms with Crippen molar-refractivity contribution in [1.82, 2.24) is 9.55 Å². The van der Waals surface area contributed by atoms with Crippen LogP contribution in [0.4, 0.5) is 0 Å². The molecule has 2 aromatic heterocycles. The van der Waals surface area contributed by atoms with Gasteiger partial charge in [-0.1, -0.05) is 30.3 Å². The van der Waals surface area contributed by atoms with E-state index in [4.69, 9.17) is 0 Å². The van der Waals surface area contributed by atoms with Crippen molar-refractivity contribution in [2.24, 2.45) is 5.92 Å². The Morgan fingerprint density at radius 3 is 2.65 bits per heavy atom. The Kier molecular flexibility index (Phi) is 3.15. The number of imidazole rings is 1. The number of rotatable bonds is 2. The molecule has 0 spiro atoms. The lowest BCUT2D eigenvalue weighted by Crippen LogP contribution is -2.22. The summed E-state index contributed by atoms with van der Waals surface area (Å²) in [6.07, 6.45) is 9.33. The van der Waals surface area contributed by atoms with Crippen LogP contribution in [0.3, 0.4) is 0 Å². The Balaban J connectivity index is 1.39. The Morgan fingerprint density at radius 1 is 1.00 bits per heavy atom. The minimum atomic E-state index is 0.527. The first kappa shape index (κ1) is 13.6. The normalized spacial score (nSPS) is 26.0. The van der Waals surface area contributed by atoms with Gasteiger partial charge in [-0.15, -0.1) is 11.3 Å². The third-order valence-corrected chi connectivity index (χ3v) is 6.68. The van der Waals surface area contributed by atoms with E-state index in [9.17, 15) is 0 Å². The summed E-state index contributed by atoms with van der Waals surface area (Å²) in [6, 6.07) is 13.9. The fraction of sp³-hybridized carbons (Fsp3) is 0.350. The first-order chi connectivity index (χ1) is 11.4. The van der Waals surface area contributed by atoms with Crippen LogP contribution in [0.1, 0.15) is 48.1 Å². The molecule has 0 bridgehead atoms. The van der Waals surface area contributed by atoms with Gasteiger partial charge in [0.2, 0.25) is 0 Å². The van der Waals surface area contributed by atoms with Crippen LogP contribution in [0.5, 0.6) is 0 Å². The van der Waals surface area contributed by atoms with Crippen molar-refractivity contribution in [1.29, 1.82) is 0 Å². The van der Waals surface area contributed by atoms with Gasteiger partial charge in [-0.2, -0.15) is 0 Å². The highest BCUT2D eigenvalue weighted by Gasteiger charge is 2.37. The van der Waals surface area contributed by atoms with Crippen LogP contribution in [0.2, 0.25) is 0 Å². The van der Waals surface area contributed by atoms with Crippen LogP contribution < -0.4 is 0 Å². The highest BCUT2D eigenvalue weighted by atomic mass is 32.1. The van der Waals surface area contributed by atoms with Crippen molar-refractivity contribution in [3.63, 3.8) is 0 Å². The van der Waals surface area contributed by atoms with Gasteiger partial charge in [-0.3, -0.25) is 0 Å². The van der Waals surface area contributed by atoms with Crippen LogP contribution in [-0.4, -0.2) is 9.55 Å². The quantitative estimate of drug-likeness (QED) is 0.610. The Bertz CT molecular complexity index is 769. The minimum absolute atomic E-state index is 0.527. The lowest BCUT2D eigenvalue weighted by molar-refractivity contribution is 0.267. The van der Waals surface area contributed by atoms with Gasteiger partial charge >= 0.3 is 0 Å². The monoisotopic (exact) mass is 320 g/mol. The molecule has 1 aliphatic carbocycles. The Labute approximate surface area is 140 Å². The van der Waals surface area contributed by atoms with Crippen LogP contribution in [0.15, 0.2) is 54.3 Å². The zero-order chi connectivity index (χ0) is 15.2. The first-order valence-corrected chi connectivity index (χ1v) is 9.44. The smallest absolute Gasteiger partial charge is 0.0957 e. The van der Waals surface area contributed by atoms with E-state index < -0.39 is 0 Å². The second kappa shape index (κ2) is 5.34. The highest BCUT2D eigenvalue weighted by Crippen LogP contribution is 2.50. The molecule has 3 heterocycles. The zero-order valence-electron chi connectivity index (χ0n) is 13.1. The maximum atomic E-state index is 4.40. The van der Waals surface area contributed by atoms with Gasteiger partial charge in [0.25, 0.3) is 0 Å². The number of aromatic nitrogens is 2. The van der Waals surface area contributed by atoms with E-state index in [0.29, 0.717) is 6.04 Å². The van der Waals surface area contributed by atoms with Gasteiger partial charge in [0.1, 0.15) is 0 Å². The summed E-state index contributed by atoms with van der Waals surface area (Å²) < 4.78 is 2.43. The van der Waals surface area contributed by atoms with E-state index >= 15 is 0 Å². The predicted octanol–water partition coefficient (Wildman–Crippen LogP) is 5.49. The van der Waals surface area contributed by atoms with E-state index in [0.717, 1.165) is 11.8 Å². The number of thiophene rings is 1. The fourth-order valence-corrected chi connectivity index (χ4v) is 5.65. The van der Waals surface area contributed by atoms with Crippen LogP contribution in [0, 0.1) is 5.92 Å². The molecule has 1 atom stereocenters. The molecule has 116 valence electrons. The SMILES string of the molecule is c1ccc([C@H]2CC[C@@H]([C@H]3c4sccc4-c4cncn43)CC2)cc1. The van der Waals surface area contributed by atoms with Gasteiger partial charge in [0.05, 0.1) is 24.3 Å². The molecule has 2 nitrogen and oxygen atoms in total. The minimum Gasteiger partial charge on any atom is -0.322 e. The van der Waals surface area contributed by atoms with Gasteiger partial charge in [-0.05, 0) is 54.5 Å². The maximum Gasteiger partial charge on any atom is 0.0957 e. The molecule has 1 aromatic carbocycles. The van der Waals surface area contributed by atoms with E-state index in [-0.39, 0.29) is 0 Å². The first-order valence-electron chi connectivity index (χ1n) is 8.56. The van der Waals surface area contributed by atoms with Crippen LogP contribution in [-0.2, 0) is 0 Å². The molecule has 0 unspecified atom stereocenters. The highest BCUT2D eigenvalue weighted by molar-refractivity contribution is 7.10. The average Bonchev–Trinajstić information content (AvgIpc) is 3.29. The van der Waals surface area contributed by atoms with Crippen LogP contribution >= 0.6 is 11.3 Å². The van der Waals surface area contributed by atoms with Gasteiger partial charge < -0.3 is 4.57 Å². The molecule has 1 aliphatic heterocycles. The maximum absolute atomic E-state index is 4.40. The largest absolute Gasteiger partial charge is 0.322 e. The molecule has 2 aliphatic rings. The lowest BCUT2D eigenvalue weighted by Gasteiger charge is -2.33. The zero-order valence-corrected chi connectivity index (χ0v) is 13.9. The molecule has 23 heavy (non-hydrogen) atoms. The molecule has 0 amide bonds. The molecular formula is C20H20N2S. The summed E-state index contributed by atoms with van der Waals surface area (Å²) in [6.45, 7) is 0. The van der Waals surface area contributed by atoms with Crippen molar-refractivity contribution in [3.8, 4) is 11.3 Å². The molecule has 5 rings (SSSR count). The molecule has 1 saturated carbocycles. The number of hydrogen-bond acceptors (Lipinski definition) is 2. The lowest BCUT2D eigenvalue weighted by atomic mass is 9.76. The number of benzene rings is 1. The molecule has 0 N–H and O–H groups in total. The topological polar surface area (TPSA) is 17.8 Å². The van der Waals surface area contributed by atoms with Crippen molar-refractivity contribution >= 4 is 11.3 Å². The molecule has 3 heteroatoms.